The zero-order valence-electron chi connectivity index (χ0n) is 20.1. The Hall–Kier alpha value is -3.02. The molecule has 2 aliphatic heterocycles. The Morgan fingerprint density at radius 1 is 1.25 bits per heavy atom. The minimum Gasteiger partial charge on any atom is -0.473 e. The van der Waals surface area contributed by atoms with Gasteiger partial charge in [-0.05, 0) is 38.8 Å². The molecular formula is C24H27ClN6O4S. The van der Waals surface area contributed by atoms with E-state index in [4.69, 9.17) is 20.9 Å². The van der Waals surface area contributed by atoms with Crippen molar-refractivity contribution >= 4 is 40.5 Å². The summed E-state index contributed by atoms with van der Waals surface area (Å²) in [7, 11) is 0. The molecule has 5 heterocycles. The van der Waals surface area contributed by atoms with E-state index < -0.39 is 5.78 Å². The Balaban J connectivity index is 1.35. The third-order valence-corrected chi connectivity index (χ3v) is 7.55. The van der Waals surface area contributed by atoms with Crippen LogP contribution in [0.25, 0.3) is 10.6 Å². The second kappa shape index (κ2) is 10.5. The van der Waals surface area contributed by atoms with E-state index in [0.29, 0.717) is 35.0 Å². The van der Waals surface area contributed by atoms with E-state index in [2.05, 4.69) is 39.3 Å². The van der Waals surface area contributed by atoms with E-state index in [-0.39, 0.29) is 35.8 Å². The Kier molecular flexibility index (Phi) is 7.22. The molecular weight excluding hydrogens is 504 g/mol. The number of likely N-dealkylation sites (tertiary alicyclic amines) is 1. The molecule has 0 bridgehead atoms. The summed E-state index contributed by atoms with van der Waals surface area (Å²) in [6.45, 7) is 7.13. The number of carbonyl (C=O) groups excluding carboxylic acids is 2. The predicted octanol–water partition coefficient (Wildman–Crippen LogP) is 3.52. The molecule has 0 atom stereocenters. The van der Waals surface area contributed by atoms with Gasteiger partial charge in [0.25, 0.3) is 17.6 Å². The normalized spacial score (nSPS) is 16.8. The standard InChI is InChI=1S/C24H27ClN6O4S/c1-14(2)30-8-5-15(6-9-30)27-23(33)17-12-18(22(32)24-26-7-10-34-24)31(28-17)13-16-11-19(35-29-16)20-3-4-21(25)36-20/h3-4,11-12,14-15H,5-10,13H2,1-2H3,(H,27,33). The van der Waals surface area contributed by atoms with Gasteiger partial charge in [0.2, 0.25) is 0 Å². The van der Waals surface area contributed by atoms with E-state index in [9.17, 15) is 9.59 Å². The third-order valence-electron chi connectivity index (χ3n) is 6.31. The lowest BCUT2D eigenvalue weighted by atomic mass is 10.0. The number of hydrogen-bond acceptors (Lipinski definition) is 9. The summed E-state index contributed by atoms with van der Waals surface area (Å²) in [5.41, 5.74) is 0.921. The first-order valence-electron chi connectivity index (χ1n) is 11.9. The molecule has 1 N–H and O–H groups in total. The number of thiophene rings is 1. The highest BCUT2D eigenvalue weighted by atomic mass is 35.5. The molecule has 12 heteroatoms. The molecule has 1 fully saturated rings. The number of aliphatic imine (C=N–C) groups is 1. The highest BCUT2D eigenvalue weighted by molar-refractivity contribution is 7.19. The van der Waals surface area contributed by atoms with Crippen LogP contribution in [0.4, 0.5) is 0 Å². The maximum Gasteiger partial charge on any atom is 0.272 e. The lowest BCUT2D eigenvalue weighted by molar-refractivity contribution is 0.0894. The number of nitrogens with zero attached hydrogens (tertiary/aromatic N) is 5. The van der Waals surface area contributed by atoms with Crippen molar-refractivity contribution in [2.24, 2.45) is 4.99 Å². The fraction of sp³-hybridized carbons (Fsp3) is 0.458. The van der Waals surface area contributed by atoms with Gasteiger partial charge in [-0.15, -0.1) is 11.3 Å². The molecule has 3 aromatic rings. The summed E-state index contributed by atoms with van der Waals surface area (Å²) in [5, 5.41) is 11.6. The highest BCUT2D eigenvalue weighted by Gasteiger charge is 2.28. The van der Waals surface area contributed by atoms with Crippen LogP contribution in [0.1, 0.15) is 53.4 Å². The number of nitrogens with one attached hydrogen (secondary N) is 1. The zero-order chi connectivity index (χ0) is 25.2. The van der Waals surface area contributed by atoms with Crippen LogP contribution in [0.15, 0.2) is 33.8 Å². The summed E-state index contributed by atoms with van der Waals surface area (Å²) in [6.07, 6.45) is 1.74. The number of ketones is 1. The van der Waals surface area contributed by atoms with Gasteiger partial charge in [0.1, 0.15) is 18.0 Å². The minimum atomic E-state index is -0.418. The van der Waals surface area contributed by atoms with E-state index >= 15 is 0 Å². The van der Waals surface area contributed by atoms with Crippen molar-refractivity contribution in [1.82, 2.24) is 25.2 Å². The first kappa shape index (κ1) is 24.7. The highest BCUT2D eigenvalue weighted by Crippen LogP contribution is 2.31. The molecule has 2 aliphatic rings. The van der Waals surface area contributed by atoms with Gasteiger partial charge >= 0.3 is 0 Å². The van der Waals surface area contributed by atoms with Gasteiger partial charge in [-0.1, -0.05) is 16.8 Å². The third kappa shape index (κ3) is 5.37. The van der Waals surface area contributed by atoms with Crippen molar-refractivity contribution in [2.75, 3.05) is 26.2 Å². The van der Waals surface area contributed by atoms with Gasteiger partial charge in [0.15, 0.2) is 11.5 Å². The molecule has 190 valence electrons. The average Bonchev–Trinajstić information content (AvgIpc) is 3.66. The van der Waals surface area contributed by atoms with E-state index in [1.54, 1.807) is 12.1 Å². The number of halogens is 1. The Morgan fingerprint density at radius 3 is 2.72 bits per heavy atom. The van der Waals surface area contributed by atoms with Crippen LogP contribution < -0.4 is 5.32 Å². The summed E-state index contributed by atoms with van der Waals surface area (Å²) < 4.78 is 12.9. The Morgan fingerprint density at radius 2 is 2.06 bits per heavy atom. The number of carbonyl (C=O) groups is 2. The van der Waals surface area contributed by atoms with E-state index in [1.807, 2.05) is 6.07 Å². The summed E-state index contributed by atoms with van der Waals surface area (Å²) in [4.78, 5) is 33.5. The molecule has 36 heavy (non-hydrogen) atoms. The fourth-order valence-electron chi connectivity index (χ4n) is 4.34. The molecule has 0 aliphatic carbocycles. The maximum atomic E-state index is 13.1. The molecule has 1 saturated heterocycles. The summed E-state index contributed by atoms with van der Waals surface area (Å²) in [5.74, 6) is -0.137. The summed E-state index contributed by atoms with van der Waals surface area (Å²) in [6, 6.07) is 7.45. The first-order chi connectivity index (χ1) is 17.4. The van der Waals surface area contributed by atoms with Crippen LogP contribution in [-0.4, -0.2) is 75.8 Å². The number of Topliss-reactive ketones (excluding diaryl/α,β-unsaturated/α-hetero) is 1. The molecule has 0 spiro atoms. The number of rotatable bonds is 8. The largest absolute Gasteiger partial charge is 0.473 e. The van der Waals surface area contributed by atoms with Crippen molar-refractivity contribution in [3.8, 4) is 10.6 Å². The summed E-state index contributed by atoms with van der Waals surface area (Å²) >= 11 is 7.41. The number of amides is 1. The fourth-order valence-corrected chi connectivity index (χ4v) is 5.33. The predicted molar refractivity (Wildman–Crippen MR) is 136 cm³/mol. The van der Waals surface area contributed by atoms with Crippen LogP contribution in [-0.2, 0) is 11.3 Å². The van der Waals surface area contributed by atoms with Crippen molar-refractivity contribution in [1.29, 1.82) is 0 Å². The molecule has 1 amide bonds. The second-order valence-electron chi connectivity index (χ2n) is 9.10. The second-order valence-corrected chi connectivity index (χ2v) is 10.8. The van der Waals surface area contributed by atoms with Crippen molar-refractivity contribution in [2.45, 2.75) is 45.3 Å². The molecule has 0 unspecified atom stereocenters. The number of ether oxygens (including phenoxy) is 1. The van der Waals surface area contributed by atoms with Crippen LogP contribution in [0.2, 0.25) is 4.34 Å². The lowest BCUT2D eigenvalue weighted by Gasteiger charge is -2.34. The number of piperidine rings is 1. The van der Waals surface area contributed by atoms with Crippen LogP contribution in [0, 0.1) is 0 Å². The van der Waals surface area contributed by atoms with Gasteiger partial charge in [0.05, 0.1) is 22.3 Å². The Bertz CT molecular complexity index is 1290. The monoisotopic (exact) mass is 530 g/mol. The van der Waals surface area contributed by atoms with Crippen molar-refractivity contribution in [3.63, 3.8) is 0 Å². The average molecular weight is 531 g/mol. The SMILES string of the molecule is CC(C)N1CCC(NC(=O)c2cc(C(=O)C3=NCCO3)n(Cc3cc(-c4ccc(Cl)s4)on3)n2)CC1. The zero-order valence-corrected chi connectivity index (χ0v) is 21.6. The molecule has 0 saturated carbocycles. The van der Waals surface area contributed by atoms with Crippen LogP contribution >= 0.6 is 22.9 Å². The van der Waals surface area contributed by atoms with Gasteiger partial charge in [-0.2, -0.15) is 5.10 Å². The molecule has 0 aromatic carbocycles. The number of aromatic nitrogens is 3. The number of hydrogen-bond donors (Lipinski definition) is 1. The van der Waals surface area contributed by atoms with Gasteiger partial charge in [-0.3, -0.25) is 14.3 Å². The first-order valence-corrected chi connectivity index (χ1v) is 13.1. The van der Waals surface area contributed by atoms with Gasteiger partial charge in [-0.25, -0.2) is 4.99 Å². The van der Waals surface area contributed by atoms with Gasteiger partial charge in [0, 0.05) is 37.3 Å². The smallest absolute Gasteiger partial charge is 0.272 e. The van der Waals surface area contributed by atoms with Gasteiger partial charge < -0.3 is 19.5 Å². The topological polar surface area (TPSA) is 115 Å². The van der Waals surface area contributed by atoms with Crippen LogP contribution in [0.5, 0.6) is 0 Å². The van der Waals surface area contributed by atoms with E-state index in [1.165, 1.54) is 22.1 Å². The molecule has 3 aromatic heterocycles. The quantitative estimate of drug-likeness (QED) is 0.443. The van der Waals surface area contributed by atoms with Crippen molar-refractivity contribution in [3.05, 3.63) is 45.7 Å². The van der Waals surface area contributed by atoms with Crippen molar-refractivity contribution < 1.29 is 18.8 Å². The minimum absolute atomic E-state index is 0.0261. The Labute approximate surface area is 217 Å². The lowest BCUT2D eigenvalue weighted by Crippen LogP contribution is -2.46. The van der Waals surface area contributed by atoms with E-state index in [0.717, 1.165) is 30.8 Å². The molecule has 10 nitrogen and oxygen atoms in total. The molecule has 0 radical (unpaired) electrons. The maximum absolute atomic E-state index is 13.1. The van der Waals surface area contributed by atoms with Crippen LogP contribution in [0.3, 0.4) is 0 Å². The molecule has 5 rings (SSSR count).